The van der Waals surface area contributed by atoms with Gasteiger partial charge in [-0.3, -0.25) is 0 Å². The Morgan fingerprint density at radius 3 is 2.68 bits per heavy atom. The molecule has 6 heteroatoms. The number of rotatable bonds is 2. The molecule has 0 saturated carbocycles. The number of fused-ring (bicyclic) bond motifs is 1. The van der Waals surface area contributed by atoms with Crippen LogP contribution < -0.4 is 0 Å². The average Bonchev–Trinajstić information content (AvgIpc) is 2.79. The second-order valence-corrected chi connectivity index (χ2v) is 5.58. The van der Waals surface area contributed by atoms with Gasteiger partial charge in [0, 0.05) is 12.1 Å². The summed E-state index contributed by atoms with van der Waals surface area (Å²) in [6.45, 7) is 0. The molecule has 100 valence electrons. The first-order valence-electron chi connectivity index (χ1n) is 5.75. The Labute approximate surface area is 111 Å². The zero-order valence-corrected chi connectivity index (χ0v) is 10.5. The molecule has 2 unspecified atom stereocenters. The van der Waals surface area contributed by atoms with Crippen molar-refractivity contribution in [3.8, 4) is 0 Å². The number of halogens is 3. The van der Waals surface area contributed by atoms with Crippen LogP contribution in [0.25, 0.3) is 0 Å². The molecule has 19 heavy (non-hydrogen) atoms. The Kier molecular flexibility index (Phi) is 2.87. The minimum atomic E-state index is -4.44. The highest BCUT2D eigenvalue weighted by Crippen LogP contribution is 2.45. The molecule has 1 aromatic carbocycles. The van der Waals surface area contributed by atoms with Crippen LogP contribution in [0.4, 0.5) is 13.2 Å². The van der Waals surface area contributed by atoms with E-state index in [1.54, 1.807) is 0 Å². The van der Waals surface area contributed by atoms with Crippen LogP contribution in [0.1, 0.15) is 33.0 Å². The fourth-order valence-electron chi connectivity index (χ4n) is 2.33. The molecule has 0 amide bonds. The van der Waals surface area contributed by atoms with Crippen LogP contribution in [-0.4, -0.2) is 10.1 Å². The van der Waals surface area contributed by atoms with Crippen molar-refractivity contribution in [3.05, 3.63) is 51.5 Å². The number of hydrogen-bond donors (Lipinski definition) is 1. The SMILES string of the molecule is OC(c1cnc(C(F)(F)F)s1)C1Cc2ccccc21. The number of hydrogen-bond acceptors (Lipinski definition) is 3. The third kappa shape index (κ3) is 2.15. The maximum Gasteiger partial charge on any atom is 0.443 e. The number of aromatic nitrogens is 1. The molecule has 0 radical (unpaired) electrons. The summed E-state index contributed by atoms with van der Waals surface area (Å²) in [7, 11) is 0. The Balaban J connectivity index is 1.83. The molecule has 1 heterocycles. The van der Waals surface area contributed by atoms with E-state index >= 15 is 0 Å². The summed E-state index contributed by atoms with van der Waals surface area (Å²) >= 11 is 0.514. The van der Waals surface area contributed by atoms with Gasteiger partial charge in [-0.15, -0.1) is 11.3 Å². The van der Waals surface area contributed by atoms with E-state index in [1.807, 2.05) is 24.3 Å². The summed E-state index contributed by atoms with van der Waals surface area (Å²) < 4.78 is 37.4. The molecular formula is C13H10F3NOS. The fraction of sp³-hybridized carbons (Fsp3) is 0.308. The number of nitrogens with zero attached hydrogens (tertiary/aromatic N) is 1. The van der Waals surface area contributed by atoms with Gasteiger partial charge < -0.3 is 5.11 Å². The van der Waals surface area contributed by atoms with Gasteiger partial charge in [-0.25, -0.2) is 4.98 Å². The van der Waals surface area contributed by atoms with Crippen LogP contribution >= 0.6 is 11.3 Å². The molecule has 1 aliphatic carbocycles. The first-order valence-corrected chi connectivity index (χ1v) is 6.57. The maximum absolute atomic E-state index is 12.5. The fourth-order valence-corrected chi connectivity index (χ4v) is 3.17. The van der Waals surface area contributed by atoms with Crippen molar-refractivity contribution in [1.82, 2.24) is 4.98 Å². The minimum absolute atomic E-state index is 0.127. The third-order valence-electron chi connectivity index (χ3n) is 3.33. The molecule has 2 nitrogen and oxygen atoms in total. The van der Waals surface area contributed by atoms with E-state index in [9.17, 15) is 18.3 Å². The lowest BCUT2D eigenvalue weighted by Gasteiger charge is -2.33. The molecule has 2 atom stereocenters. The number of aliphatic hydroxyl groups is 1. The van der Waals surface area contributed by atoms with E-state index in [-0.39, 0.29) is 10.8 Å². The van der Waals surface area contributed by atoms with Crippen LogP contribution in [0.2, 0.25) is 0 Å². The van der Waals surface area contributed by atoms with Gasteiger partial charge in [0.25, 0.3) is 0 Å². The minimum Gasteiger partial charge on any atom is -0.387 e. The largest absolute Gasteiger partial charge is 0.443 e. The summed E-state index contributed by atoms with van der Waals surface area (Å²) in [6, 6.07) is 7.65. The van der Waals surface area contributed by atoms with Crippen molar-refractivity contribution < 1.29 is 18.3 Å². The highest BCUT2D eigenvalue weighted by molar-refractivity contribution is 7.11. The zero-order valence-electron chi connectivity index (χ0n) is 9.69. The van der Waals surface area contributed by atoms with Gasteiger partial charge in [-0.2, -0.15) is 13.2 Å². The Morgan fingerprint density at radius 2 is 2.05 bits per heavy atom. The number of aliphatic hydroxyl groups excluding tert-OH is 1. The monoisotopic (exact) mass is 285 g/mol. The number of benzene rings is 1. The predicted octanol–water partition coefficient (Wildman–Crippen LogP) is 3.54. The van der Waals surface area contributed by atoms with Crippen LogP contribution in [0, 0.1) is 0 Å². The summed E-state index contributed by atoms with van der Waals surface area (Å²) in [5, 5.41) is 9.26. The van der Waals surface area contributed by atoms with E-state index in [2.05, 4.69) is 4.98 Å². The standard InChI is InChI=1S/C13H10F3NOS/c14-13(15,16)12-17-6-10(19-12)11(18)9-5-7-3-1-2-4-8(7)9/h1-4,6,9,11,18H,5H2. The molecule has 1 N–H and O–H groups in total. The van der Waals surface area contributed by atoms with Crippen molar-refractivity contribution in [3.63, 3.8) is 0 Å². The van der Waals surface area contributed by atoms with Gasteiger partial charge in [-0.05, 0) is 17.5 Å². The second kappa shape index (κ2) is 4.31. The topological polar surface area (TPSA) is 33.1 Å². The van der Waals surface area contributed by atoms with Gasteiger partial charge in [0.15, 0.2) is 5.01 Å². The van der Waals surface area contributed by atoms with Crippen LogP contribution in [0.3, 0.4) is 0 Å². The molecule has 0 spiro atoms. The van der Waals surface area contributed by atoms with Crippen molar-refractivity contribution in [2.75, 3.05) is 0 Å². The molecule has 0 fully saturated rings. The van der Waals surface area contributed by atoms with Gasteiger partial charge in [0.2, 0.25) is 0 Å². The highest BCUT2D eigenvalue weighted by atomic mass is 32.1. The van der Waals surface area contributed by atoms with Crippen LogP contribution in [-0.2, 0) is 12.6 Å². The summed E-state index contributed by atoms with van der Waals surface area (Å²) in [5.41, 5.74) is 2.16. The Hall–Kier alpha value is -1.40. The maximum atomic E-state index is 12.5. The van der Waals surface area contributed by atoms with Gasteiger partial charge in [0.1, 0.15) is 0 Å². The van der Waals surface area contributed by atoms with Gasteiger partial charge >= 0.3 is 6.18 Å². The van der Waals surface area contributed by atoms with E-state index < -0.39 is 17.3 Å². The molecule has 1 aromatic heterocycles. The van der Waals surface area contributed by atoms with Crippen molar-refractivity contribution in [1.29, 1.82) is 0 Å². The van der Waals surface area contributed by atoms with Crippen molar-refractivity contribution in [2.24, 2.45) is 0 Å². The lowest BCUT2D eigenvalue weighted by atomic mass is 9.74. The zero-order chi connectivity index (χ0) is 13.6. The quantitative estimate of drug-likeness (QED) is 0.915. The summed E-state index contributed by atoms with van der Waals surface area (Å²) in [4.78, 5) is 3.61. The third-order valence-corrected chi connectivity index (χ3v) is 4.45. The molecule has 0 aliphatic heterocycles. The van der Waals surface area contributed by atoms with Crippen LogP contribution in [0.5, 0.6) is 0 Å². The Morgan fingerprint density at radius 1 is 1.32 bits per heavy atom. The number of alkyl halides is 3. The lowest BCUT2D eigenvalue weighted by Crippen LogP contribution is -2.23. The molecule has 2 aromatic rings. The number of thiazole rings is 1. The van der Waals surface area contributed by atoms with E-state index in [1.165, 1.54) is 0 Å². The smallest absolute Gasteiger partial charge is 0.387 e. The normalized spacial score (nSPS) is 19.7. The van der Waals surface area contributed by atoms with E-state index in [0.717, 1.165) is 17.3 Å². The first-order chi connectivity index (χ1) is 8.97. The lowest BCUT2D eigenvalue weighted by molar-refractivity contribution is -0.137. The summed E-state index contributed by atoms with van der Waals surface area (Å²) in [5.74, 6) is -0.127. The van der Waals surface area contributed by atoms with Crippen LogP contribution in [0.15, 0.2) is 30.5 Å². The molecule has 0 saturated heterocycles. The highest BCUT2D eigenvalue weighted by Gasteiger charge is 2.38. The van der Waals surface area contributed by atoms with E-state index in [0.29, 0.717) is 17.8 Å². The summed E-state index contributed by atoms with van der Waals surface area (Å²) in [6.07, 6.45) is -3.54. The molecular weight excluding hydrogens is 275 g/mol. The van der Waals surface area contributed by atoms with Crippen molar-refractivity contribution >= 4 is 11.3 Å². The molecule has 3 rings (SSSR count). The first kappa shape index (κ1) is 12.6. The average molecular weight is 285 g/mol. The second-order valence-electron chi connectivity index (χ2n) is 4.52. The predicted molar refractivity (Wildman–Crippen MR) is 65.0 cm³/mol. The van der Waals surface area contributed by atoms with Gasteiger partial charge in [0.05, 0.1) is 11.0 Å². The molecule has 0 bridgehead atoms. The van der Waals surface area contributed by atoms with E-state index in [4.69, 9.17) is 0 Å². The van der Waals surface area contributed by atoms with Crippen molar-refractivity contribution in [2.45, 2.75) is 24.6 Å². The van der Waals surface area contributed by atoms with Gasteiger partial charge in [-0.1, -0.05) is 24.3 Å². The Bertz CT molecular complexity index is 608. The molecule has 1 aliphatic rings.